The fourth-order valence-corrected chi connectivity index (χ4v) is 3.08. The van der Waals surface area contributed by atoms with Crippen LogP contribution in [-0.2, 0) is 6.54 Å². The topological polar surface area (TPSA) is 35.6 Å². The first kappa shape index (κ1) is 17.4. The van der Waals surface area contributed by atoms with Crippen LogP contribution in [0.4, 0.5) is 9.18 Å². The molecule has 1 aliphatic heterocycles. The molecule has 0 saturated carbocycles. The monoisotopic (exact) mass is 341 g/mol. The van der Waals surface area contributed by atoms with E-state index in [2.05, 4.69) is 10.2 Å². The van der Waals surface area contributed by atoms with Gasteiger partial charge in [0.05, 0.1) is 6.04 Å². The zero-order chi connectivity index (χ0) is 17.6. The van der Waals surface area contributed by atoms with Crippen molar-refractivity contribution in [2.24, 2.45) is 0 Å². The van der Waals surface area contributed by atoms with E-state index in [1.54, 1.807) is 6.07 Å². The number of hydrogen-bond donors (Lipinski definition) is 1. The summed E-state index contributed by atoms with van der Waals surface area (Å²) >= 11 is 0. The van der Waals surface area contributed by atoms with Crippen molar-refractivity contribution in [3.05, 3.63) is 71.5 Å². The van der Waals surface area contributed by atoms with E-state index in [1.165, 1.54) is 6.07 Å². The average molecular weight is 341 g/mol. The second-order valence-electron chi connectivity index (χ2n) is 6.44. The largest absolute Gasteiger partial charge is 0.331 e. The van der Waals surface area contributed by atoms with E-state index in [9.17, 15) is 9.18 Å². The lowest BCUT2D eigenvalue weighted by Crippen LogP contribution is -2.51. The number of halogens is 1. The van der Waals surface area contributed by atoms with Crippen LogP contribution in [-0.4, -0.2) is 42.0 Å². The Bertz CT molecular complexity index is 699. The van der Waals surface area contributed by atoms with Gasteiger partial charge in [0.2, 0.25) is 0 Å². The molecule has 2 aromatic rings. The molecule has 1 N–H and O–H groups in total. The van der Waals surface area contributed by atoms with E-state index in [0.29, 0.717) is 25.2 Å². The number of urea groups is 1. The summed E-state index contributed by atoms with van der Waals surface area (Å²) in [6.07, 6.45) is 0. The van der Waals surface area contributed by atoms with Crippen molar-refractivity contribution in [2.75, 3.05) is 26.2 Å². The number of nitrogens with zero attached hydrogens (tertiary/aromatic N) is 2. The van der Waals surface area contributed by atoms with E-state index in [0.717, 1.165) is 18.7 Å². The fraction of sp³-hybridized carbons (Fsp3) is 0.350. The van der Waals surface area contributed by atoms with Crippen LogP contribution in [0.15, 0.2) is 54.6 Å². The van der Waals surface area contributed by atoms with Crippen LogP contribution in [0, 0.1) is 5.82 Å². The minimum absolute atomic E-state index is 0.0230. The van der Waals surface area contributed by atoms with Crippen molar-refractivity contribution >= 4 is 6.03 Å². The van der Waals surface area contributed by atoms with E-state index in [1.807, 2.05) is 54.3 Å². The molecule has 25 heavy (non-hydrogen) atoms. The molecule has 5 heteroatoms. The van der Waals surface area contributed by atoms with Crippen molar-refractivity contribution in [3.8, 4) is 0 Å². The number of piperazine rings is 1. The van der Waals surface area contributed by atoms with Crippen molar-refractivity contribution in [2.45, 2.75) is 19.5 Å². The van der Waals surface area contributed by atoms with Crippen LogP contribution in [0.3, 0.4) is 0 Å². The number of carbonyl (C=O) groups excluding carboxylic acids is 1. The van der Waals surface area contributed by atoms with Crippen LogP contribution >= 0.6 is 0 Å². The van der Waals surface area contributed by atoms with E-state index < -0.39 is 0 Å². The first-order valence-corrected chi connectivity index (χ1v) is 8.69. The predicted octanol–water partition coefficient (Wildman–Crippen LogP) is 3.41. The van der Waals surface area contributed by atoms with Gasteiger partial charge in [0, 0.05) is 38.3 Å². The van der Waals surface area contributed by atoms with Crippen molar-refractivity contribution in [1.29, 1.82) is 0 Å². The first-order chi connectivity index (χ1) is 12.1. The summed E-state index contributed by atoms with van der Waals surface area (Å²) in [6.45, 7) is 5.39. The van der Waals surface area contributed by atoms with Crippen LogP contribution in [0.2, 0.25) is 0 Å². The second-order valence-corrected chi connectivity index (χ2v) is 6.44. The summed E-state index contributed by atoms with van der Waals surface area (Å²) in [4.78, 5) is 16.5. The predicted molar refractivity (Wildman–Crippen MR) is 96.6 cm³/mol. The molecule has 0 spiro atoms. The Balaban J connectivity index is 1.48. The molecule has 1 fully saturated rings. The zero-order valence-electron chi connectivity index (χ0n) is 14.5. The molecule has 1 atom stereocenters. The highest BCUT2D eigenvalue weighted by atomic mass is 19.1. The number of rotatable bonds is 4. The standard InChI is InChI=1S/C20H24FN3O/c1-16(17-7-3-2-4-8-17)22-20(25)24-13-11-23(12-14-24)15-18-9-5-6-10-19(18)21/h2-10,16H,11-15H2,1H3,(H,22,25). The van der Waals surface area contributed by atoms with E-state index >= 15 is 0 Å². The van der Waals surface area contributed by atoms with Gasteiger partial charge in [-0.15, -0.1) is 0 Å². The highest BCUT2D eigenvalue weighted by Gasteiger charge is 2.22. The third-order valence-corrected chi connectivity index (χ3v) is 4.65. The SMILES string of the molecule is CC(NC(=O)N1CCN(Cc2ccccc2F)CC1)c1ccccc1. The van der Waals surface area contributed by atoms with Gasteiger partial charge in [0.25, 0.3) is 0 Å². The lowest BCUT2D eigenvalue weighted by atomic mass is 10.1. The smallest absolute Gasteiger partial charge is 0.317 e. The molecule has 1 aliphatic rings. The lowest BCUT2D eigenvalue weighted by Gasteiger charge is -2.35. The van der Waals surface area contributed by atoms with Crippen LogP contribution in [0.1, 0.15) is 24.1 Å². The molecule has 2 aromatic carbocycles. The molecular formula is C20H24FN3O. The molecular weight excluding hydrogens is 317 g/mol. The quantitative estimate of drug-likeness (QED) is 0.925. The van der Waals surface area contributed by atoms with Gasteiger partial charge in [-0.3, -0.25) is 4.90 Å². The van der Waals surface area contributed by atoms with Crippen LogP contribution < -0.4 is 5.32 Å². The highest BCUT2D eigenvalue weighted by Crippen LogP contribution is 2.14. The lowest BCUT2D eigenvalue weighted by molar-refractivity contribution is 0.133. The molecule has 0 aromatic heterocycles. The molecule has 2 amide bonds. The Morgan fingerprint density at radius 3 is 2.36 bits per heavy atom. The van der Waals surface area contributed by atoms with Crippen LogP contribution in [0.25, 0.3) is 0 Å². The van der Waals surface area contributed by atoms with Gasteiger partial charge < -0.3 is 10.2 Å². The van der Waals surface area contributed by atoms with Gasteiger partial charge in [0.1, 0.15) is 5.82 Å². The number of hydrogen-bond acceptors (Lipinski definition) is 2. The Hall–Kier alpha value is -2.40. The van der Waals surface area contributed by atoms with Crippen molar-refractivity contribution in [1.82, 2.24) is 15.1 Å². The molecule has 1 unspecified atom stereocenters. The zero-order valence-corrected chi connectivity index (χ0v) is 14.5. The normalized spacial score (nSPS) is 16.5. The second kappa shape index (κ2) is 8.12. The Morgan fingerprint density at radius 1 is 1.04 bits per heavy atom. The van der Waals surface area contributed by atoms with Gasteiger partial charge >= 0.3 is 6.03 Å². The Morgan fingerprint density at radius 2 is 1.68 bits per heavy atom. The minimum atomic E-state index is -0.167. The van der Waals surface area contributed by atoms with Gasteiger partial charge in [-0.2, -0.15) is 0 Å². The highest BCUT2D eigenvalue weighted by molar-refractivity contribution is 5.74. The van der Waals surface area contributed by atoms with Crippen LogP contribution in [0.5, 0.6) is 0 Å². The molecule has 0 bridgehead atoms. The summed E-state index contributed by atoms with van der Waals surface area (Å²) in [5.74, 6) is -0.167. The van der Waals surface area contributed by atoms with Gasteiger partial charge in [-0.1, -0.05) is 48.5 Å². The number of carbonyl (C=O) groups is 1. The van der Waals surface area contributed by atoms with E-state index in [-0.39, 0.29) is 17.9 Å². The maximum Gasteiger partial charge on any atom is 0.317 e. The molecule has 132 valence electrons. The number of benzene rings is 2. The average Bonchev–Trinajstić information content (AvgIpc) is 2.65. The molecule has 0 aliphatic carbocycles. The summed E-state index contributed by atoms with van der Waals surface area (Å²) in [7, 11) is 0. The maximum absolute atomic E-state index is 13.8. The third-order valence-electron chi connectivity index (χ3n) is 4.65. The molecule has 3 rings (SSSR count). The minimum Gasteiger partial charge on any atom is -0.331 e. The number of nitrogens with one attached hydrogen (secondary N) is 1. The molecule has 4 nitrogen and oxygen atoms in total. The Kier molecular flexibility index (Phi) is 5.66. The molecule has 1 heterocycles. The molecule has 0 radical (unpaired) electrons. The number of amides is 2. The summed E-state index contributed by atoms with van der Waals surface area (Å²) in [5.41, 5.74) is 1.80. The van der Waals surface area contributed by atoms with Gasteiger partial charge in [-0.05, 0) is 18.6 Å². The van der Waals surface area contributed by atoms with Gasteiger partial charge in [0.15, 0.2) is 0 Å². The van der Waals surface area contributed by atoms with E-state index in [4.69, 9.17) is 0 Å². The third kappa shape index (κ3) is 4.57. The fourth-order valence-electron chi connectivity index (χ4n) is 3.08. The molecule has 1 saturated heterocycles. The van der Waals surface area contributed by atoms with Crippen molar-refractivity contribution in [3.63, 3.8) is 0 Å². The first-order valence-electron chi connectivity index (χ1n) is 8.69. The van der Waals surface area contributed by atoms with Gasteiger partial charge in [-0.25, -0.2) is 9.18 Å². The maximum atomic E-state index is 13.8. The summed E-state index contributed by atoms with van der Waals surface area (Å²) in [5, 5.41) is 3.05. The summed E-state index contributed by atoms with van der Waals surface area (Å²) in [6, 6.07) is 16.7. The summed E-state index contributed by atoms with van der Waals surface area (Å²) < 4.78 is 13.8. The Labute approximate surface area is 148 Å². The van der Waals surface area contributed by atoms with Crippen molar-refractivity contribution < 1.29 is 9.18 Å².